The van der Waals surface area contributed by atoms with Crippen LogP contribution in [0.5, 0.6) is 0 Å². The standard InChI is InChI=1S/C14H19N3O2/c1-11-2-3-15-13(8-11)17-9-12(10-17)14(18)16-4-6-19-7-5-16/h2-3,8,12H,4-7,9-10H2,1H3. The molecule has 0 radical (unpaired) electrons. The van der Waals surface area contributed by atoms with Crippen LogP contribution in [0.25, 0.3) is 0 Å². The van der Waals surface area contributed by atoms with E-state index in [0.29, 0.717) is 13.2 Å². The first-order valence-electron chi connectivity index (χ1n) is 6.78. The van der Waals surface area contributed by atoms with E-state index in [1.807, 2.05) is 17.2 Å². The van der Waals surface area contributed by atoms with Gasteiger partial charge in [-0.3, -0.25) is 4.79 Å². The summed E-state index contributed by atoms with van der Waals surface area (Å²) in [7, 11) is 0. The summed E-state index contributed by atoms with van der Waals surface area (Å²) in [4.78, 5) is 20.7. The Hall–Kier alpha value is -1.62. The number of hydrogen-bond acceptors (Lipinski definition) is 4. The summed E-state index contributed by atoms with van der Waals surface area (Å²) < 4.78 is 5.27. The average Bonchev–Trinajstić information content (AvgIpc) is 2.38. The Morgan fingerprint density at radius 3 is 2.79 bits per heavy atom. The predicted molar refractivity (Wildman–Crippen MR) is 72.1 cm³/mol. The molecule has 2 fully saturated rings. The maximum atomic E-state index is 12.2. The third-order valence-electron chi connectivity index (χ3n) is 3.78. The van der Waals surface area contributed by atoms with Crippen LogP contribution in [-0.4, -0.2) is 55.2 Å². The van der Waals surface area contributed by atoms with Crippen LogP contribution >= 0.6 is 0 Å². The molecule has 0 saturated carbocycles. The van der Waals surface area contributed by atoms with E-state index in [1.165, 1.54) is 5.56 Å². The quantitative estimate of drug-likeness (QED) is 0.785. The van der Waals surface area contributed by atoms with E-state index in [0.717, 1.165) is 32.0 Å². The van der Waals surface area contributed by atoms with Gasteiger partial charge in [0.25, 0.3) is 0 Å². The van der Waals surface area contributed by atoms with Gasteiger partial charge in [-0.2, -0.15) is 0 Å². The molecule has 0 bridgehead atoms. The van der Waals surface area contributed by atoms with Gasteiger partial charge in [-0.15, -0.1) is 0 Å². The highest BCUT2D eigenvalue weighted by Gasteiger charge is 2.36. The van der Waals surface area contributed by atoms with Crippen molar-refractivity contribution in [3.05, 3.63) is 23.9 Å². The fraction of sp³-hybridized carbons (Fsp3) is 0.571. The molecular formula is C14H19N3O2. The summed E-state index contributed by atoms with van der Waals surface area (Å²) >= 11 is 0. The molecule has 0 unspecified atom stereocenters. The van der Waals surface area contributed by atoms with E-state index in [4.69, 9.17) is 4.74 Å². The number of amides is 1. The zero-order valence-electron chi connectivity index (χ0n) is 11.2. The van der Waals surface area contributed by atoms with Gasteiger partial charge in [0.2, 0.25) is 5.91 Å². The maximum absolute atomic E-state index is 12.2. The molecule has 1 amide bonds. The molecular weight excluding hydrogens is 242 g/mol. The Morgan fingerprint density at radius 2 is 2.11 bits per heavy atom. The minimum atomic E-state index is 0.125. The fourth-order valence-electron chi connectivity index (χ4n) is 2.56. The van der Waals surface area contributed by atoms with E-state index in [9.17, 15) is 4.79 Å². The Labute approximate surface area is 113 Å². The first-order chi connectivity index (χ1) is 9.24. The number of hydrogen-bond donors (Lipinski definition) is 0. The van der Waals surface area contributed by atoms with Crippen molar-refractivity contribution in [3.63, 3.8) is 0 Å². The van der Waals surface area contributed by atoms with Crippen LogP contribution in [0.2, 0.25) is 0 Å². The summed E-state index contributed by atoms with van der Waals surface area (Å²) in [6.07, 6.45) is 1.82. The second-order valence-corrected chi connectivity index (χ2v) is 5.23. The van der Waals surface area contributed by atoms with Crippen LogP contribution < -0.4 is 4.90 Å². The van der Waals surface area contributed by atoms with Crippen molar-refractivity contribution in [1.82, 2.24) is 9.88 Å². The summed E-state index contributed by atoms with van der Waals surface area (Å²) in [5.74, 6) is 1.37. The minimum absolute atomic E-state index is 0.125. The molecule has 0 spiro atoms. The van der Waals surface area contributed by atoms with Crippen LogP contribution in [-0.2, 0) is 9.53 Å². The molecule has 102 valence electrons. The summed E-state index contributed by atoms with van der Waals surface area (Å²) in [6, 6.07) is 4.05. The predicted octanol–water partition coefficient (Wildman–Crippen LogP) is 0.685. The second kappa shape index (κ2) is 5.17. The topological polar surface area (TPSA) is 45.7 Å². The second-order valence-electron chi connectivity index (χ2n) is 5.23. The highest BCUT2D eigenvalue weighted by Crippen LogP contribution is 2.24. The molecule has 0 N–H and O–H groups in total. The first-order valence-corrected chi connectivity index (χ1v) is 6.78. The lowest BCUT2D eigenvalue weighted by Gasteiger charge is -2.42. The van der Waals surface area contributed by atoms with Gasteiger partial charge in [0.1, 0.15) is 5.82 Å². The molecule has 5 heteroatoms. The number of carbonyl (C=O) groups is 1. The van der Waals surface area contributed by atoms with Crippen LogP contribution in [0.15, 0.2) is 18.3 Å². The largest absolute Gasteiger partial charge is 0.378 e. The number of pyridine rings is 1. The van der Waals surface area contributed by atoms with Gasteiger partial charge >= 0.3 is 0 Å². The van der Waals surface area contributed by atoms with Gasteiger partial charge in [0.05, 0.1) is 19.1 Å². The third kappa shape index (κ3) is 2.56. The van der Waals surface area contributed by atoms with Crippen molar-refractivity contribution in [2.75, 3.05) is 44.3 Å². The Balaban J connectivity index is 1.56. The van der Waals surface area contributed by atoms with Gasteiger partial charge in [-0.1, -0.05) is 0 Å². The van der Waals surface area contributed by atoms with Crippen molar-refractivity contribution >= 4 is 11.7 Å². The number of morpholine rings is 1. The molecule has 0 aromatic carbocycles. The fourth-order valence-corrected chi connectivity index (χ4v) is 2.56. The SMILES string of the molecule is Cc1ccnc(N2CC(C(=O)N3CCOCC3)C2)c1. The van der Waals surface area contributed by atoms with Gasteiger partial charge in [-0.25, -0.2) is 4.98 Å². The van der Waals surface area contributed by atoms with Crippen LogP contribution in [0.4, 0.5) is 5.82 Å². The number of nitrogens with zero attached hydrogens (tertiary/aromatic N) is 3. The van der Waals surface area contributed by atoms with Gasteiger partial charge in [-0.05, 0) is 24.6 Å². The van der Waals surface area contributed by atoms with Crippen LogP contribution in [0.1, 0.15) is 5.56 Å². The smallest absolute Gasteiger partial charge is 0.229 e. The lowest BCUT2D eigenvalue weighted by atomic mass is 9.98. The Bertz CT molecular complexity index is 466. The van der Waals surface area contributed by atoms with Gasteiger partial charge in [0.15, 0.2) is 0 Å². The van der Waals surface area contributed by atoms with Crippen LogP contribution in [0, 0.1) is 12.8 Å². The zero-order chi connectivity index (χ0) is 13.2. The summed E-state index contributed by atoms with van der Waals surface area (Å²) in [6.45, 7) is 6.43. The highest BCUT2D eigenvalue weighted by molar-refractivity contribution is 5.82. The molecule has 2 saturated heterocycles. The molecule has 2 aliphatic heterocycles. The summed E-state index contributed by atoms with van der Waals surface area (Å²) in [5.41, 5.74) is 1.20. The lowest BCUT2D eigenvalue weighted by molar-refractivity contribution is -0.140. The van der Waals surface area contributed by atoms with Gasteiger partial charge in [0, 0.05) is 32.4 Å². The number of carbonyl (C=O) groups excluding carboxylic acids is 1. The van der Waals surface area contributed by atoms with E-state index >= 15 is 0 Å². The first kappa shape index (κ1) is 12.4. The van der Waals surface area contributed by atoms with Crippen LogP contribution in [0.3, 0.4) is 0 Å². The van der Waals surface area contributed by atoms with Crippen molar-refractivity contribution < 1.29 is 9.53 Å². The van der Waals surface area contributed by atoms with E-state index < -0.39 is 0 Å². The zero-order valence-corrected chi connectivity index (χ0v) is 11.2. The molecule has 19 heavy (non-hydrogen) atoms. The van der Waals surface area contributed by atoms with E-state index in [2.05, 4.69) is 22.9 Å². The number of aromatic nitrogens is 1. The number of aryl methyl sites for hydroxylation is 1. The maximum Gasteiger partial charge on any atom is 0.229 e. The lowest BCUT2D eigenvalue weighted by Crippen LogP contribution is -2.56. The average molecular weight is 261 g/mol. The van der Waals surface area contributed by atoms with E-state index in [-0.39, 0.29) is 11.8 Å². The normalized spacial score (nSPS) is 20.3. The highest BCUT2D eigenvalue weighted by atomic mass is 16.5. The molecule has 3 heterocycles. The van der Waals surface area contributed by atoms with Crippen molar-refractivity contribution in [2.45, 2.75) is 6.92 Å². The molecule has 2 aliphatic rings. The van der Waals surface area contributed by atoms with Crippen molar-refractivity contribution in [2.24, 2.45) is 5.92 Å². The minimum Gasteiger partial charge on any atom is -0.378 e. The molecule has 0 aliphatic carbocycles. The molecule has 3 rings (SSSR count). The van der Waals surface area contributed by atoms with Gasteiger partial charge < -0.3 is 14.5 Å². The third-order valence-corrected chi connectivity index (χ3v) is 3.78. The molecule has 1 aromatic heterocycles. The molecule has 1 aromatic rings. The molecule has 0 atom stereocenters. The monoisotopic (exact) mass is 261 g/mol. The number of ether oxygens (including phenoxy) is 1. The number of anilines is 1. The Kier molecular flexibility index (Phi) is 3.38. The van der Waals surface area contributed by atoms with E-state index in [1.54, 1.807) is 0 Å². The van der Waals surface area contributed by atoms with Crippen molar-refractivity contribution in [3.8, 4) is 0 Å². The molecule has 5 nitrogen and oxygen atoms in total. The van der Waals surface area contributed by atoms with Crippen molar-refractivity contribution in [1.29, 1.82) is 0 Å². The number of rotatable bonds is 2. The Morgan fingerprint density at radius 1 is 1.37 bits per heavy atom. The summed E-state index contributed by atoms with van der Waals surface area (Å²) in [5, 5.41) is 0.